The average Bonchev–Trinajstić information content (AvgIpc) is 2.34. The van der Waals surface area contributed by atoms with Crippen LogP contribution >= 0.6 is 15.9 Å². The molecule has 16 heavy (non-hydrogen) atoms. The summed E-state index contributed by atoms with van der Waals surface area (Å²) in [5, 5.41) is 2.93. The Balaban J connectivity index is 2.05. The Labute approximate surface area is 106 Å². The van der Waals surface area contributed by atoms with Crippen LogP contribution in [0.3, 0.4) is 0 Å². The van der Waals surface area contributed by atoms with Crippen molar-refractivity contribution in [3.8, 4) is 0 Å². The molecule has 1 heterocycles. The minimum atomic E-state index is 0.145. The molecule has 2 unspecified atom stereocenters. The molecule has 0 aliphatic carbocycles. The van der Waals surface area contributed by atoms with Crippen molar-refractivity contribution in [1.29, 1.82) is 0 Å². The molecule has 0 saturated carbocycles. The molecule has 0 aromatic carbocycles. The van der Waals surface area contributed by atoms with Crippen molar-refractivity contribution < 1.29 is 9.53 Å². The highest BCUT2D eigenvalue weighted by molar-refractivity contribution is 9.09. The van der Waals surface area contributed by atoms with E-state index in [2.05, 4.69) is 28.2 Å². The van der Waals surface area contributed by atoms with Gasteiger partial charge in [0.05, 0.1) is 6.10 Å². The number of hydrogen-bond donors (Lipinski definition) is 1. The molecule has 94 valence electrons. The molecule has 0 aromatic rings. The minimum absolute atomic E-state index is 0.145. The van der Waals surface area contributed by atoms with Crippen molar-refractivity contribution in [3.05, 3.63) is 0 Å². The van der Waals surface area contributed by atoms with Gasteiger partial charge in [0.2, 0.25) is 5.91 Å². The Morgan fingerprint density at radius 1 is 1.56 bits per heavy atom. The molecular formula is C12H22BrNO2. The smallest absolute Gasteiger partial charge is 0.220 e. The number of hydrogen-bond acceptors (Lipinski definition) is 2. The largest absolute Gasteiger partial charge is 0.378 e. The maximum absolute atomic E-state index is 11.5. The molecule has 1 aliphatic heterocycles. The zero-order valence-electron chi connectivity index (χ0n) is 10.0. The van der Waals surface area contributed by atoms with Gasteiger partial charge in [0, 0.05) is 24.4 Å². The van der Waals surface area contributed by atoms with E-state index in [1.807, 2.05) is 0 Å². The number of halogens is 1. The van der Waals surface area contributed by atoms with E-state index in [0.29, 0.717) is 17.4 Å². The summed E-state index contributed by atoms with van der Waals surface area (Å²) in [5.74, 6) is 0.145. The van der Waals surface area contributed by atoms with Crippen molar-refractivity contribution in [3.63, 3.8) is 0 Å². The van der Waals surface area contributed by atoms with Gasteiger partial charge in [0.1, 0.15) is 0 Å². The van der Waals surface area contributed by atoms with Gasteiger partial charge in [-0.15, -0.1) is 0 Å². The summed E-state index contributed by atoms with van der Waals surface area (Å²) >= 11 is 3.49. The summed E-state index contributed by atoms with van der Waals surface area (Å²) in [7, 11) is 0. The van der Waals surface area contributed by atoms with Gasteiger partial charge in [-0.1, -0.05) is 22.9 Å². The van der Waals surface area contributed by atoms with Crippen LogP contribution in [0.15, 0.2) is 0 Å². The molecular weight excluding hydrogens is 270 g/mol. The lowest BCUT2D eigenvalue weighted by atomic mass is 10.0. The zero-order valence-corrected chi connectivity index (χ0v) is 11.6. The molecule has 0 spiro atoms. The fourth-order valence-corrected chi connectivity index (χ4v) is 1.95. The third kappa shape index (κ3) is 5.85. The lowest BCUT2D eigenvalue weighted by Gasteiger charge is -2.22. The number of rotatable bonds is 6. The van der Waals surface area contributed by atoms with Crippen LogP contribution in [-0.4, -0.2) is 30.0 Å². The molecule has 3 nitrogen and oxygen atoms in total. The number of nitrogens with one attached hydrogen (secondary N) is 1. The van der Waals surface area contributed by atoms with Crippen LogP contribution in [0.1, 0.15) is 45.4 Å². The third-order valence-corrected chi connectivity index (χ3v) is 3.90. The maximum atomic E-state index is 11.5. The summed E-state index contributed by atoms with van der Waals surface area (Å²) in [5.41, 5.74) is 0. The van der Waals surface area contributed by atoms with E-state index in [4.69, 9.17) is 4.74 Å². The van der Waals surface area contributed by atoms with Crippen LogP contribution in [0.5, 0.6) is 0 Å². The lowest BCUT2D eigenvalue weighted by molar-refractivity contribution is -0.122. The van der Waals surface area contributed by atoms with Gasteiger partial charge in [-0.3, -0.25) is 4.79 Å². The monoisotopic (exact) mass is 291 g/mol. The summed E-state index contributed by atoms with van der Waals surface area (Å²) in [6.45, 7) is 3.69. The van der Waals surface area contributed by atoms with Crippen molar-refractivity contribution in [2.45, 2.75) is 56.4 Å². The number of ether oxygens (including phenoxy) is 1. The van der Waals surface area contributed by atoms with E-state index in [1.54, 1.807) is 0 Å². The van der Waals surface area contributed by atoms with Crippen molar-refractivity contribution >= 4 is 21.8 Å². The van der Waals surface area contributed by atoms with Crippen LogP contribution in [0.4, 0.5) is 0 Å². The van der Waals surface area contributed by atoms with Crippen molar-refractivity contribution in [2.75, 3.05) is 13.2 Å². The van der Waals surface area contributed by atoms with Gasteiger partial charge in [-0.25, -0.2) is 0 Å². The second-order valence-electron chi connectivity index (χ2n) is 4.34. The third-order valence-electron chi connectivity index (χ3n) is 2.93. The summed E-state index contributed by atoms with van der Waals surface area (Å²) in [6.07, 6.45) is 6.33. The maximum Gasteiger partial charge on any atom is 0.220 e. The number of amides is 1. The molecule has 4 heteroatoms. The van der Waals surface area contributed by atoms with E-state index in [0.717, 1.165) is 32.4 Å². The SMILES string of the molecule is CCC(Br)CNC(=O)CCC1CCCCO1. The Hall–Kier alpha value is -0.0900. The quantitative estimate of drug-likeness (QED) is 0.764. The molecule has 1 amide bonds. The molecule has 2 atom stereocenters. The second-order valence-corrected chi connectivity index (χ2v) is 5.63. The molecule has 0 radical (unpaired) electrons. The minimum Gasteiger partial charge on any atom is -0.378 e. The van der Waals surface area contributed by atoms with E-state index < -0.39 is 0 Å². The first-order valence-corrected chi connectivity index (χ1v) is 7.16. The predicted molar refractivity (Wildman–Crippen MR) is 68.8 cm³/mol. The lowest BCUT2D eigenvalue weighted by Crippen LogP contribution is -2.30. The highest BCUT2D eigenvalue weighted by Crippen LogP contribution is 2.16. The molecule has 0 bridgehead atoms. The molecule has 1 N–H and O–H groups in total. The van der Waals surface area contributed by atoms with Gasteiger partial charge in [-0.2, -0.15) is 0 Å². The Morgan fingerprint density at radius 3 is 3.00 bits per heavy atom. The van der Waals surface area contributed by atoms with Crippen LogP contribution in [0.25, 0.3) is 0 Å². The average molecular weight is 292 g/mol. The van der Waals surface area contributed by atoms with E-state index in [9.17, 15) is 4.79 Å². The van der Waals surface area contributed by atoms with Crippen LogP contribution in [0.2, 0.25) is 0 Å². The first-order chi connectivity index (χ1) is 7.72. The first-order valence-electron chi connectivity index (χ1n) is 6.24. The first kappa shape index (κ1) is 14.0. The number of carbonyl (C=O) groups is 1. The van der Waals surface area contributed by atoms with Gasteiger partial charge in [0.15, 0.2) is 0 Å². The van der Waals surface area contributed by atoms with Crippen molar-refractivity contribution in [1.82, 2.24) is 5.32 Å². The fraction of sp³-hybridized carbons (Fsp3) is 0.917. The van der Waals surface area contributed by atoms with Gasteiger partial charge >= 0.3 is 0 Å². The normalized spacial score (nSPS) is 22.8. The van der Waals surface area contributed by atoms with Crippen LogP contribution < -0.4 is 5.32 Å². The van der Waals surface area contributed by atoms with Crippen LogP contribution in [-0.2, 0) is 9.53 Å². The topological polar surface area (TPSA) is 38.3 Å². The Kier molecular flexibility index (Phi) is 7.05. The molecule has 1 aliphatic rings. The Bertz CT molecular complexity index is 205. The van der Waals surface area contributed by atoms with E-state index >= 15 is 0 Å². The van der Waals surface area contributed by atoms with Crippen LogP contribution in [0, 0.1) is 0 Å². The van der Waals surface area contributed by atoms with Crippen molar-refractivity contribution in [2.24, 2.45) is 0 Å². The van der Waals surface area contributed by atoms with Gasteiger partial charge in [0.25, 0.3) is 0 Å². The molecule has 1 saturated heterocycles. The molecule has 1 rings (SSSR count). The van der Waals surface area contributed by atoms with E-state index in [-0.39, 0.29) is 5.91 Å². The molecule has 1 fully saturated rings. The zero-order chi connectivity index (χ0) is 11.8. The summed E-state index contributed by atoms with van der Waals surface area (Å²) < 4.78 is 5.59. The summed E-state index contributed by atoms with van der Waals surface area (Å²) in [4.78, 5) is 11.9. The Morgan fingerprint density at radius 2 is 2.38 bits per heavy atom. The molecule has 0 aromatic heterocycles. The standard InChI is InChI=1S/C12H22BrNO2/c1-2-10(13)9-14-12(15)7-6-11-5-3-4-8-16-11/h10-11H,2-9H2,1H3,(H,14,15). The number of carbonyl (C=O) groups excluding carboxylic acids is 1. The summed E-state index contributed by atoms with van der Waals surface area (Å²) in [6, 6.07) is 0. The number of alkyl halides is 1. The second kappa shape index (κ2) is 8.07. The fourth-order valence-electron chi connectivity index (χ4n) is 1.78. The van der Waals surface area contributed by atoms with E-state index in [1.165, 1.54) is 12.8 Å². The van der Waals surface area contributed by atoms with Gasteiger partial charge < -0.3 is 10.1 Å². The highest BCUT2D eigenvalue weighted by Gasteiger charge is 2.15. The highest BCUT2D eigenvalue weighted by atomic mass is 79.9. The predicted octanol–water partition coefficient (Wildman–Crippen LogP) is 2.63. The van der Waals surface area contributed by atoms with Gasteiger partial charge in [-0.05, 0) is 32.1 Å².